The van der Waals surface area contributed by atoms with Crippen molar-refractivity contribution in [2.24, 2.45) is 19.1 Å². The Morgan fingerprint density at radius 3 is 2.50 bits per heavy atom. The molecule has 0 aliphatic rings. The van der Waals surface area contributed by atoms with E-state index in [0.717, 1.165) is 14.7 Å². The largest absolute Gasteiger partial charge is 0.464 e. The van der Waals surface area contributed by atoms with Crippen molar-refractivity contribution in [2.45, 2.75) is 19.4 Å². The Morgan fingerprint density at radius 1 is 1.23 bits per heavy atom. The van der Waals surface area contributed by atoms with Crippen molar-refractivity contribution in [1.29, 1.82) is 0 Å². The fourth-order valence-electron chi connectivity index (χ4n) is 2.44. The van der Waals surface area contributed by atoms with Crippen LogP contribution in [0.3, 0.4) is 0 Å². The van der Waals surface area contributed by atoms with E-state index < -0.39 is 23.3 Å². The number of aromatic nitrogens is 2. The third-order valence-electron chi connectivity index (χ3n) is 3.96. The highest BCUT2D eigenvalue weighted by molar-refractivity contribution is 5.87. The Balaban J connectivity index is 2.41. The number of benzene rings is 1. The molecule has 0 radical (unpaired) electrons. The van der Waals surface area contributed by atoms with Crippen molar-refractivity contribution in [2.75, 3.05) is 12.3 Å². The first kappa shape index (κ1) is 19.2. The van der Waals surface area contributed by atoms with Gasteiger partial charge in [-0.3, -0.25) is 18.9 Å². The lowest BCUT2D eigenvalue weighted by Crippen LogP contribution is -2.40. The van der Waals surface area contributed by atoms with E-state index in [2.05, 4.69) is 4.99 Å². The molecule has 1 atom stereocenters. The van der Waals surface area contributed by atoms with Crippen molar-refractivity contribution in [3.63, 3.8) is 0 Å². The number of carbonyl (C=O) groups excluding carboxylic acids is 1. The van der Waals surface area contributed by atoms with Gasteiger partial charge in [-0.15, -0.1) is 0 Å². The van der Waals surface area contributed by atoms with Gasteiger partial charge in [0.1, 0.15) is 5.82 Å². The number of hydrogen-bond donors (Lipinski definition) is 1. The Bertz CT molecular complexity index is 929. The summed E-state index contributed by atoms with van der Waals surface area (Å²) in [6.45, 7) is 1.94. The molecular formula is C18H22N4O4. The predicted molar refractivity (Wildman–Crippen MR) is 99.5 cm³/mol. The Morgan fingerprint density at radius 2 is 1.88 bits per heavy atom. The fourth-order valence-corrected chi connectivity index (χ4v) is 2.44. The molecule has 1 unspecified atom stereocenters. The van der Waals surface area contributed by atoms with Crippen LogP contribution >= 0.6 is 0 Å². The molecular weight excluding hydrogens is 336 g/mol. The second kappa shape index (κ2) is 8.28. The highest BCUT2D eigenvalue weighted by atomic mass is 16.5. The van der Waals surface area contributed by atoms with Crippen molar-refractivity contribution in [3.8, 4) is 0 Å². The number of nitrogens with two attached hydrogens (primary N) is 1. The third-order valence-corrected chi connectivity index (χ3v) is 3.96. The average molecular weight is 358 g/mol. The van der Waals surface area contributed by atoms with Crippen molar-refractivity contribution < 1.29 is 9.53 Å². The number of carbonyl (C=O) groups is 1. The number of anilines is 1. The summed E-state index contributed by atoms with van der Waals surface area (Å²) in [5, 5.41) is 0. The maximum atomic E-state index is 12.3. The lowest BCUT2D eigenvalue weighted by molar-refractivity contribution is -0.144. The number of esters is 1. The average Bonchev–Trinajstić information content (AvgIpc) is 2.64. The molecule has 0 bridgehead atoms. The molecule has 2 N–H and O–H groups in total. The lowest BCUT2D eigenvalue weighted by Gasteiger charge is -2.12. The summed E-state index contributed by atoms with van der Waals surface area (Å²) in [5.74, 6) is -0.503. The van der Waals surface area contributed by atoms with Gasteiger partial charge in [0.2, 0.25) is 0 Å². The molecule has 2 aromatic rings. The standard InChI is InChI=1S/C18H22N4O4/c1-4-26-17(24)14(10-12-8-6-5-7-9-12)20-11-13-15(19)21(2)18(25)22(3)16(13)23/h5-9,11,14H,4,10,19H2,1-3H3. The first-order valence-corrected chi connectivity index (χ1v) is 8.16. The molecule has 0 fully saturated rings. The van der Waals surface area contributed by atoms with Crippen LogP contribution in [0.1, 0.15) is 18.1 Å². The normalized spacial score (nSPS) is 12.3. The summed E-state index contributed by atoms with van der Waals surface area (Å²) < 4.78 is 7.16. The molecule has 0 amide bonds. The number of nitrogens with zero attached hydrogens (tertiary/aromatic N) is 3. The molecule has 1 aromatic heterocycles. The zero-order chi connectivity index (χ0) is 19.3. The third kappa shape index (κ3) is 4.08. The van der Waals surface area contributed by atoms with Gasteiger partial charge < -0.3 is 10.5 Å². The smallest absolute Gasteiger partial charge is 0.332 e. The Hall–Kier alpha value is -3.16. The van der Waals surface area contributed by atoms with Gasteiger partial charge in [0.15, 0.2) is 6.04 Å². The number of aliphatic imine (C=N–C) groups is 1. The molecule has 1 aromatic carbocycles. The van der Waals surface area contributed by atoms with Crippen LogP contribution in [0.4, 0.5) is 5.82 Å². The first-order valence-electron chi connectivity index (χ1n) is 8.16. The van der Waals surface area contributed by atoms with Gasteiger partial charge in [-0.1, -0.05) is 30.3 Å². The van der Waals surface area contributed by atoms with Crippen molar-refractivity contribution in [3.05, 3.63) is 62.3 Å². The summed E-state index contributed by atoms with van der Waals surface area (Å²) in [7, 11) is 2.81. The number of nitrogen functional groups attached to an aromatic ring is 1. The van der Waals surface area contributed by atoms with Crippen molar-refractivity contribution in [1.82, 2.24) is 9.13 Å². The van der Waals surface area contributed by atoms with Crippen LogP contribution in [0.5, 0.6) is 0 Å². The summed E-state index contributed by atoms with van der Waals surface area (Å²) in [4.78, 5) is 40.6. The van der Waals surface area contributed by atoms with Crippen LogP contribution in [0.2, 0.25) is 0 Å². The van der Waals surface area contributed by atoms with Crippen LogP contribution in [0, 0.1) is 0 Å². The second-order valence-electron chi connectivity index (χ2n) is 5.74. The van der Waals surface area contributed by atoms with Gasteiger partial charge in [-0.25, -0.2) is 9.59 Å². The van der Waals surface area contributed by atoms with Gasteiger partial charge in [0, 0.05) is 26.7 Å². The van der Waals surface area contributed by atoms with Crippen LogP contribution < -0.4 is 17.0 Å². The molecule has 1 heterocycles. The molecule has 0 spiro atoms. The minimum atomic E-state index is -0.821. The molecule has 0 aliphatic heterocycles. The van der Waals surface area contributed by atoms with Gasteiger partial charge in [0.05, 0.1) is 12.2 Å². The van der Waals surface area contributed by atoms with Gasteiger partial charge >= 0.3 is 11.7 Å². The maximum Gasteiger partial charge on any atom is 0.332 e. The van der Waals surface area contributed by atoms with Gasteiger partial charge in [-0.2, -0.15) is 0 Å². The predicted octanol–water partition coefficient (Wildman–Crippen LogP) is 0.260. The molecule has 8 nitrogen and oxygen atoms in total. The maximum absolute atomic E-state index is 12.3. The second-order valence-corrected chi connectivity index (χ2v) is 5.74. The van der Waals surface area contributed by atoms with E-state index in [1.54, 1.807) is 6.92 Å². The summed E-state index contributed by atoms with van der Waals surface area (Å²) in [6.07, 6.45) is 1.56. The van der Waals surface area contributed by atoms with E-state index in [1.807, 2.05) is 30.3 Å². The van der Waals surface area contributed by atoms with E-state index in [1.165, 1.54) is 20.3 Å². The quantitative estimate of drug-likeness (QED) is 0.588. The zero-order valence-electron chi connectivity index (χ0n) is 15.0. The minimum Gasteiger partial charge on any atom is -0.464 e. The number of hydrogen-bond acceptors (Lipinski definition) is 6. The van der Waals surface area contributed by atoms with Crippen LogP contribution in [0.15, 0.2) is 44.9 Å². The fraction of sp³-hybridized carbons (Fsp3) is 0.333. The van der Waals surface area contributed by atoms with E-state index >= 15 is 0 Å². The summed E-state index contributed by atoms with van der Waals surface area (Å²) >= 11 is 0. The lowest BCUT2D eigenvalue weighted by atomic mass is 10.1. The number of rotatable bonds is 6. The zero-order valence-corrected chi connectivity index (χ0v) is 15.0. The highest BCUT2D eigenvalue weighted by Crippen LogP contribution is 2.09. The van der Waals surface area contributed by atoms with Crippen LogP contribution in [-0.4, -0.2) is 34.0 Å². The monoisotopic (exact) mass is 358 g/mol. The van der Waals surface area contributed by atoms with Crippen molar-refractivity contribution >= 4 is 18.0 Å². The molecule has 0 saturated heterocycles. The van der Waals surface area contributed by atoms with Crippen LogP contribution in [0.25, 0.3) is 0 Å². The van der Waals surface area contributed by atoms with Crippen LogP contribution in [-0.2, 0) is 30.0 Å². The van der Waals surface area contributed by atoms with E-state index in [4.69, 9.17) is 10.5 Å². The van der Waals surface area contributed by atoms with E-state index in [0.29, 0.717) is 6.42 Å². The van der Waals surface area contributed by atoms with Gasteiger partial charge in [0.25, 0.3) is 5.56 Å². The number of ether oxygens (including phenoxy) is 1. The molecule has 26 heavy (non-hydrogen) atoms. The Labute approximate surface area is 150 Å². The SMILES string of the molecule is CCOC(=O)C(Cc1ccccc1)N=Cc1c(N)n(C)c(=O)n(C)c1=O. The topological polar surface area (TPSA) is 109 Å². The first-order chi connectivity index (χ1) is 12.4. The molecule has 0 aliphatic carbocycles. The summed E-state index contributed by atoms with van der Waals surface area (Å²) in [5.41, 5.74) is 5.72. The molecule has 0 saturated carbocycles. The van der Waals surface area contributed by atoms with Gasteiger partial charge in [-0.05, 0) is 12.5 Å². The highest BCUT2D eigenvalue weighted by Gasteiger charge is 2.20. The minimum absolute atomic E-state index is 0.0100. The Kier molecular flexibility index (Phi) is 6.11. The van der Waals surface area contributed by atoms with E-state index in [-0.39, 0.29) is 18.0 Å². The van der Waals surface area contributed by atoms with E-state index in [9.17, 15) is 14.4 Å². The summed E-state index contributed by atoms with van der Waals surface area (Å²) in [6, 6.07) is 8.53. The molecule has 138 valence electrons. The molecule has 8 heteroatoms. The molecule has 2 rings (SSSR count).